The van der Waals surface area contributed by atoms with Crippen molar-refractivity contribution in [1.29, 1.82) is 0 Å². The van der Waals surface area contributed by atoms with E-state index in [-0.39, 0.29) is 43.3 Å². The summed E-state index contributed by atoms with van der Waals surface area (Å²) in [4.78, 5) is -0.734. The van der Waals surface area contributed by atoms with Gasteiger partial charge in [0.25, 0.3) is 10.1 Å². The molecule has 4 aromatic carbocycles. The lowest BCUT2D eigenvalue weighted by Gasteiger charge is -2.12. The van der Waals surface area contributed by atoms with Crippen LogP contribution < -0.4 is 5.73 Å². The summed E-state index contributed by atoms with van der Waals surface area (Å²) in [6, 6.07) is 14.2. The van der Waals surface area contributed by atoms with Crippen LogP contribution in [0.4, 0.5) is 28.4 Å². The maximum absolute atomic E-state index is 12.1. The monoisotopic (exact) mass is 627 g/mol. The number of phenols is 1. The van der Waals surface area contributed by atoms with E-state index in [1.54, 1.807) is 0 Å². The summed E-state index contributed by atoms with van der Waals surface area (Å²) < 4.78 is 81.7. The van der Waals surface area contributed by atoms with Gasteiger partial charge in [0.05, 0.1) is 32.2 Å². The van der Waals surface area contributed by atoms with E-state index in [2.05, 4.69) is 33.6 Å². The molecule has 0 radical (unpaired) electrons. The minimum atomic E-state index is -4.86. The Balaban J connectivity index is 1.78. The van der Waals surface area contributed by atoms with E-state index in [1.165, 1.54) is 60.7 Å². The first kappa shape index (κ1) is 30.2. The van der Waals surface area contributed by atoms with Crippen LogP contribution in [0.25, 0.3) is 10.8 Å². The van der Waals surface area contributed by atoms with Gasteiger partial charge in [-0.25, -0.2) is 16.8 Å². The molecule has 4 rings (SSSR count). The maximum Gasteiger partial charge on any atom is 0.296 e. The van der Waals surface area contributed by atoms with Crippen molar-refractivity contribution in [2.75, 3.05) is 5.73 Å². The molecule has 16 heteroatoms. The predicted molar refractivity (Wildman–Crippen MR) is 156 cm³/mol. The van der Waals surface area contributed by atoms with Gasteiger partial charge in [0.1, 0.15) is 16.3 Å². The fraction of sp³-hybridized carbons (Fsp3) is 0. The van der Waals surface area contributed by atoms with Gasteiger partial charge in [-0.3, -0.25) is 4.55 Å². The number of fused-ring (bicyclic) bond motifs is 1. The third kappa shape index (κ3) is 6.10. The number of sulfone groups is 2. The number of hydrogen-bond acceptors (Lipinski definition) is 12. The van der Waals surface area contributed by atoms with Gasteiger partial charge >= 0.3 is 0 Å². The summed E-state index contributed by atoms with van der Waals surface area (Å²) in [5.41, 5.74) is 5.67. The lowest BCUT2D eigenvalue weighted by atomic mass is 10.1. The Hall–Kier alpha value is -4.77. The van der Waals surface area contributed by atoms with E-state index in [1.807, 2.05) is 0 Å². The average molecular weight is 628 g/mol. The number of nitrogens with zero attached hydrogens (tertiary/aromatic N) is 4. The van der Waals surface area contributed by atoms with Crippen LogP contribution >= 0.6 is 0 Å². The van der Waals surface area contributed by atoms with Crippen molar-refractivity contribution in [1.82, 2.24) is 0 Å². The van der Waals surface area contributed by atoms with Crippen LogP contribution in [0.2, 0.25) is 0 Å². The molecule has 0 unspecified atom stereocenters. The van der Waals surface area contributed by atoms with Gasteiger partial charge in [0.2, 0.25) is 0 Å². The lowest BCUT2D eigenvalue weighted by molar-refractivity contribution is 0.481. The van der Waals surface area contributed by atoms with Gasteiger partial charge < -0.3 is 10.8 Å². The van der Waals surface area contributed by atoms with Crippen molar-refractivity contribution in [2.45, 2.75) is 14.7 Å². The normalized spacial score (nSPS) is 12.7. The number of aromatic hydroxyl groups is 1. The highest BCUT2D eigenvalue weighted by Gasteiger charge is 2.23. The van der Waals surface area contributed by atoms with Crippen molar-refractivity contribution in [3.05, 3.63) is 90.7 Å². The Morgan fingerprint density at radius 1 is 0.690 bits per heavy atom. The summed E-state index contributed by atoms with van der Waals surface area (Å²) in [6.45, 7) is 6.51. The molecule has 0 heterocycles. The fourth-order valence-electron chi connectivity index (χ4n) is 3.66. The lowest BCUT2D eigenvalue weighted by Crippen LogP contribution is -2.01. The van der Waals surface area contributed by atoms with E-state index >= 15 is 0 Å². The summed E-state index contributed by atoms with van der Waals surface area (Å²) in [7, 11) is -12.2. The molecule has 42 heavy (non-hydrogen) atoms. The first-order valence-corrected chi connectivity index (χ1v) is 16.1. The first-order valence-electron chi connectivity index (χ1n) is 11.5. The molecule has 0 aromatic heterocycles. The van der Waals surface area contributed by atoms with Gasteiger partial charge in [-0.1, -0.05) is 19.2 Å². The smallest absolute Gasteiger partial charge is 0.296 e. The topological polar surface area (TPSA) is 218 Å². The molecule has 4 aromatic rings. The molecule has 13 nitrogen and oxygen atoms in total. The molecule has 0 spiro atoms. The van der Waals surface area contributed by atoms with Crippen LogP contribution in [0.5, 0.6) is 5.75 Å². The summed E-state index contributed by atoms with van der Waals surface area (Å²) in [5.74, 6) is -0.489. The van der Waals surface area contributed by atoms with E-state index < -0.39 is 46.1 Å². The predicted octanol–water partition coefficient (Wildman–Crippen LogP) is 6.04. The molecule has 0 amide bonds. The Morgan fingerprint density at radius 2 is 1.17 bits per heavy atom. The highest BCUT2D eigenvalue weighted by molar-refractivity contribution is 7.94. The highest BCUT2D eigenvalue weighted by atomic mass is 32.2. The van der Waals surface area contributed by atoms with E-state index in [0.717, 1.165) is 16.9 Å². The molecule has 0 fully saturated rings. The number of anilines is 1. The molecule has 0 bridgehead atoms. The third-order valence-corrected chi connectivity index (χ3v) is 9.42. The van der Waals surface area contributed by atoms with Gasteiger partial charge in [0, 0.05) is 10.8 Å². The van der Waals surface area contributed by atoms with Crippen molar-refractivity contribution < 1.29 is 34.9 Å². The molecule has 0 aliphatic rings. The molecule has 216 valence electrons. The highest BCUT2D eigenvalue weighted by Crippen LogP contribution is 2.45. The van der Waals surface area contributed by atoms with Crippen LogP contribution in [0.15, 0.2) is 126 Å². The zero-order chi connectivity index (χ0) is 30.9. The average Bonchev–Trinajstić information content (AvgIpc) is 2.96. The number of nitrogen functional groups attached to an aromatic ring is 1. The molecule has 0 saturated heterocycles. The third-order valence-electron chi connectivity index (χ3n) is 5.82. The second-order valence-electron chi connectivity index (χ2n) is 8.45. The minimum absolute atomic E-state index is 0.00634. The SMILES string of the molecule is C=CS(=O)(=O)c1ccc(N=Nc2ccc3cc(S(=O)(=O)O)c(N=Nc4ccc(S(=O)(=O)C=C)cc4)c(N)c3c2O)cc1. The molecule has 0 aliphatic heterocycles. The number of benzene rings is 4. The van der Waals surface area contributed by atoms with Crippen LogP contribution in [0.3, 0.4) is 0 Å². The van der Waals surface area contributed by atoms with Crippen molar-refractivity contribution >= 4 is 69.0 Å². The van der Waals surface area contributed by atoms with Crippen LogP contribution in [0, 0.1) is 0 Å². The molecule has 0 atom stereocenters. The minimum Gasteiger partial charge on any atom is -0.505 e. The number of azo groups is 2. The molecular formula is C26H21N5O8S3. The van der Waals surface area contributed by atoms with Gasteiger partial charge in [0.15, 0.2) is 25.4 Å². The van der Waals surface area contributed by atoms with E-state index in [0.29, 0.717) is 0 Å². The second kappa shape index (κ2) is 11.2. The second-order valence-corrected chi connectivity index (χ2v) is 13.6. The number of rotatable bonds is 9. The Kier molecular flexibility index (Phi) is 8.09. The van der Waals surface area contributed by atoms with Crippen LogP contribution in [0.1, 0.15) is 0 Å². The van der Waals surface area contributed by atoms with Gasteiger partial charge in [-0.15, -0.1) is 10.2 Å². The largest absolute Gasteiger partial charge is 0.505 e. The molecular weight excluding hydrogens is 607 g/mol. The van der Waals surface area contributed by atoms with Crippen molar-refractivity contribution in [3.63, 3.8) is 0 Å². The Bertz CT molecular complexity index is 2130. The molecule has 0 aliphatic carbocycles. The Morgan fingerprint density at radius 3 is 1.62 bits per heavy atom. The van der Waals surface area contributed by atoms with E-state index in [4.69, 9.17) is 5.73 Å². The maximum atomic E-state index is 12.1. The molecule has 0 saturated carbocycles. The van der Waals surface area contributed by atoms with Crippen LogP contribution in [-0.2, 0) is 29.8 Å². The standard InChI is InChI=1S/C26H21N5O8S3/c1-3-40(33,34)19-10-6-17(7-11-19)28-30-21-14-5-16-15-22(42(37,38)39)25(24(27)23(16)26(21)32)31-29-18-8-12-20(13-9-18)41(35,36)4-2/h3-15,32H,1-2,27H2,(H,37,38,39). The van der Waals surface area contributed by atoms with E-state index in [9.17, 15) is 34.9 Å². The number of hydrogen-bond donors (Lipinski definition) is 3. The summed E-state index contributed by atoms with van der Waals surface area (Å²) >= 11 is 0. The summed E-state index contributed by atoms with van der Waals surface area (Å²) in [6.07, 6.45) is 0. The quantitative estimate of drug-likeness (QED) is 0.112. The van der Waals surface area contributed by atoms with Crippen molar-refractivity contribution in [2.24, 2.45) is 20.5 Å². The van der Waals surface area contributed by atoms with Crippen molar-refractivity contribution in [3.8, 4) is 5.75 Å². The number of phenolic OH excluding ortho intramolecular Hbond substituents is 1. The number of nitrogens with two attached hydrogens (primary N) is 1. The Labute approximate surface area is 240 Å². The first-order chi connectivity index (χ1) is 19.7. The fourth-order valence-corrected chi connectivity index (χ4v) is 5.74. The zero-order valence-electron chi connectivity index (χ0n) is 21.4. The summed E-state index contributed by atoms with van der Waals surface area (Å²) in [5, 5.41) is 28.3. The van der Waals surface area contributed by atoms with Gasteiger partial charge in [-0.05, 0) is 66.0 Å². The van der Waals surface area contributed by atoms with Crippen LogP contribution in [-0.4, -0.2) is 34.9 Å². The zero-order valence-corrected chi connectivity index (χ0v) is 23.8. The molecule has 4 N–H and O–H groups in total. The van der Waals surface area contributed by atoms with Gasteiger partial charge in [-0.2, -0.15) is 18.6 Å².